The van der Waals surface area contributed by atoms with Crippen molar-refractivity contribution in [3.63, 3.8) is 0 Å². The molecule has 0 spiro atoms. The second-order valence-electron chi connectivity index (χ2n) is 8.52. The van der Waals surface area contributed by atoms with Crippen LogP contribution in [0.15, 0.2) is 71.3 Å². The number of methoxy groups -OCH3 is 1. The van der Waals surface area contributed by atoms with E-state index in [-0.39, 0.29) is 30.2 Å². The number of rotatable bonds is 8. The Kier molecular flexibility index (Phi) is 7.91. The van der Waals surface area contributed by atoms with Crippen molar-refractivity contribution >= 4 is 23.4 Å². The monoisotopic (exact) mass is 480 g/mol. The van der Waals surface area contributed by atoms with E-state index in [1.165, 1.54) is 17.6 Å². The van der Waals surface area contributed by atoms with Gasteiger partial charge in [-0.25, -0.2) is 0 Å². The summed E-state index contributed by atoms with van der Waals surface area (Å²) in [6.07, 6.45) is 6.70. The van der Waals surface area contributed by atoms with Crippen LogP contribution in [0.3, 0.4) is 0 Å². The maximum absolute atomic E-state index is 13.8. The van der Waals surface area contributed by atoms with Gasteiger partial charge in [0.1, 0.15) is 11.8 Å². The molecule has 4 rings (SSSR count). The second-order valence-corrected chi connectivity index (χ2v) is 8.96. The van der Waals surface area contributed by atoms with Crippen LogP contribution in [0.2, 0.25) is 5.02 Å². The number of ether oxygens (including phenoxy) is 1. The molecule has 1 atom stereocenters. The van der Waals surface area contributed by atoms with Crippen LogP contribution in [0.5, 0.6) is 5.75 Å². The minimum absolute atomic E-state index is 0.0999. The summed E-state index contributed by atoms with van der Waals surface area (Å²) in [5, 5.41) is 3.76. The van der Waals surface area contributed by atoms with E-state index in [1.54, 1.807) is 43.5 Å². The molecule has 1 aromatic heterocycles. The van der Waals surface area contributed by atoms with Crippen LogP contribution >= 0.6 is 11.6 Å². The summed E-state index contributed by atoms with van der Waals surface area (Å²) in [5.74, 6) is 0.209. The lowest BCUT2D eigenvalue weighted by Crippen LogP contribution is -2.46. The van der Waals surface area contributed by atoms with Gasteiger partial charge in [0.25, 0.3) is 5.91 Å². The van der Waals surface area contributed by atoms with Gasteiger partial charge >= 0.3 is 0 Å². The first kappa shape index (κ1) is 23.9. The number of hydrogen-bond donors (Lipinski definition) is 1. The molecular weight excluding hydrogens is 452 g/mol. The standard InChI is InChI=1S/C27H29ClN2O4/c1-33-23-11-6-5-8-20(23)18-30(27(32)24-12-7-17-34-24)25(19-13-15-21(28)16-14-19)26(31)29-22-9-3-2-4-10-22/h5-8,11-17,22,25H,2-4,9-10,18H2,1H3,(H,29,31)/t25-/m0/s1. The average molecular weight is 481 g/mol. The summed E-state index contributed by atoms with van der Waals surface area (Å²) in [5.41, 5.74) is 1.46. The Bertz CT molecular complexity index is 1090. The Labute approximate surface area is 204 Å². The zero-order valence-electron chi connectivity index (χ0n) is 19.2. The molecule has 178 valence electrons. The maximum atomic E-state index is 13.8. The normalized spacial score (nSPS) is 14.9. The third-order valence-corrected chi connectivity index (χ3v) is 6.48. The lowest BCUT2D eigenvalue weighted by Gasteiger charge is -2.33. The fourth-order valence-electron chi connectivity index (χ4n) is 4.48. The summed E-state index contributed by atoms with van der Waals surface area (Å²) in [6, 6.07) is 17.0. The summed E-state index contributed by atoms with van der Waals surface area (Å²) in [4.78, 5) is 29.0. The van der Waals surface area contributed by atoms with Crippen molar-refractivity contribution < 1.29 is 18.7 Å². The number of nitrogens with zero attached hydrogens (tertiary/aromatic N) is 1. The van der Waals surface area contributed by atoms with Crippen LogP contribution in [0.1, 0.15) is 59.8 Å². The predicted octanol–water partition coefficient (Wildman–Crippen LogP) is 5.77. The maximum Gasteiger partial charge on any atom is 0.290 e. The predicted molar refractivity (Wildman–Crippen MR) is 131 cm³/mol. The van der Waals surface area contributed by atoms with E-state index in [1.807, 2.05) is 24.3 Å². The van der Waals surface area contributed by atoms with Gasteiger partial charge in [0, 0.05) is 16.6 Å². The lowest BCUT2D eigenvalue weighted by atomic mass is 9.94. The van der Waals surface area contributed by atoms with E-state index in [0.717, 1.165) is 31.2 Å². The van der Waals surface area contributed by atoms with Gasteiger partial charge in [0.05, 0.1) is 19.9 Å². The third-order valence-electron chi connectivity index (χ3n) is 6.22. The molecule has 1 saturated carbocycles. The first-order chi connectivity index (χ1) is 16.6. The van der Waals surface area contributed by atoms with Gasteiger partial charge in [-0.3, -0.25) is 9.59 Å². The highest BCUT2D eigenvalue weighted by Gasteiger charge is 2.35. The molecule has 34 heavy (non-hydrogen) atoms. The average Bonchev–Trinajstić information content (AvgIpc) is 3.40. The van der Waals surface area contributed by atoms with E-state index in [0.29, 0.717) is 16.3 Å². The molecular formula is C27H29ClN2O4. The van der Waals surface area contributed by atoms with Gasteiger partial charge in [0.15, 0.2) is 5.76 Å². The molecule has 2 amide bonds. The zero-order valence-corrected chi connectivity index (χ0v) is 20.0. The molecule has 0 aliphatic heterocycles. The van der Waals surface area contributed by atoms with Crippen LogP contribution in [0.4, 0.5) is 0 Å². The number of amides is 2. The van der Waals surface area contributed by atoms with Crippen LogP contribution in [0.25, 0.3) is 0 Å². The fourth-order valence-corrected chi connectivity index (χ4v) is 4.61. The lowest BCUT2D eigenvalue weighted by molar-refractivity contribution is -0.127. The fraction of sp³-hybridized carbons (Fsp3) is 0.333. The minimum Gasteiger partial charge on any atom is -0.496 e. The van der Waals surface area contributed by atoms with Crippen LogP contribution in [-0.2, 0) is 11.3 Å². The minimum atomic E-state index is -0.873. The number of para-hydroxylation sites is 1. The van der Waals surface area contributed by atoms with Crippen molar-refractivity contribution in [3.05, 3.63) is 88.8 Å². The molecule has 0 unspecified atom stereocenters. The molecule has 6 nitrogen and oxygen atoms in total. The summed E-state index contributed by atoms with van der Waals surface area (Å²) >= 11 is 6.13. The number of benzene rings is 2. The first-order valence-electron chi connectivity index (χ1n) is 11.6. The number of hydrogen-bond acceptors (Lipinski definition) is 4. The molecule has 1 aliphatic rings. The quantitative estimate of drug-likeness (QED) is 0.444. The van der Waals surface area contributed by atoms with Gasteiger partial charge in [-0.1, -0.05) is 61.2 Å². The highest BCUT2D eigenvalue weighted by molar-refractivity contribution is 6.30. The summed E-state index contributed by atoms with van der Waals surface area (Å²) in [6.45, 7) is 0.162. The van der Waals surface area contributed by atoms with Crippen molar-refractivity contribution in [1.82, 2.24) is 10.2 Å². The van der Waals surface area contributed by atoms with Crippen molar-refractivity contribution in [3.8, 4) is 5.75 Å². The van der Waals surface area contributed by atoms with E-state index in [9.17, 15) is 9.59 Å². The molecule has 3 aromatic rings. The van der Waals surface area contributed by atoms with Crippen molar-refractivity contribution in [2.24, 2.45) is 0 Å². The van der Waals surface area contributed by atoms with Crippen LogP contribution in [-0.4, -0.2) is 29.9 Å². The molecule has 1 heterocycles. The molecule has 7 heteroatoms. The van der Waals surface area contributed by atoms with E-state index in [2.05, 4.69) is 5.32 Å². The van der Waals surface area contributed by atoms with E-state index in [4.69, 9.17) is 20.8 Å². The van der Waals surface area contributed by atoms with Gasteiger partial charge in [-0.2, -0.15) is 0 Å². The topological polar surface area (TPSA) is 71.8 Å². The van der Waals surface area contributed by atoms with Gasteiger partial charge in [-0.05, 0) is 48.7 Å². The Morgan fingerprint density at radius 1 is 1.06 bits per heavy atom. The van der Waals surface area contributed by atoms with Crippen LogP contribution < -0.4 is 10.1 Å². The van der Waals surface area contributed by atoms with E-state index >= 15 is 0 Å². The molecule has 2 aromatic carbocycles. The van der Waals surface area contributed by atoms with Crippen molar-refractivity contribution in [2.75, 3.05) is 7.11 Å². The van der Waals surface area contributed by atoms with Crippen molar-refractivity contribution in [1.29, 1.82) is 0 Å². The molecule has 1 fully saturated rings. The smallest absolute Gasteiger partial charge is 0.290 e. The Balaban J connectivity index is 1.74. The molecule has 0 bridgehead atoms. The molecule has 0 radical (unpaired) electrons. The highest BCUT2D eigenvalue weighted by Crippen LogP contribution is 2.30. The summed E-state index contributed by atoms with van der Waals surface area (Å²) < 4.78 is 11.0. The number of furan rings is 1. The Morgan fingerprint density at radius 3 is 2.47 bits per heavy atom. The Morgan fingerprint density at radius 2 is 1.79 bits per heavy atom. The first-order valence-corrected chi connectivity index (χ1v) is 12.0. The molecule has 1 N–H and O–H groups in total. The van der Waals surface area contributed by atoms with Gasteiger partial charge in [0.2, 0.25) is 5.91 Å². The molecule has 0 saturated heterocycles. The van der Waals surface area contributed by atoms with Gasteiger partial charge in [-0.15, -0.1) is 0 Å². The zero-order chi connectivity index (χ0) is 23.9. The number of nitrogens with one attached hydrogen (secondary N) is 1. The van der Waals surface area contributed by atoms with Crippen molar-refractivity contribution in [2.45, 2.75) is 50.7 Å². The Hall–Kier alpha value is -3.25. The van der Waals surface area contributed by atoms with Gasteiger partial charge < -0.3 is 19.4 Å². The molecule has 1 aliphatic carbocycles. The largest absolute Gasteiger partial charge is 0.496 e. The number of carbonyl (C=O) groups excluding carboxylic acids is 2. The van der Waals surface area contributed by atoms with Crippen LogP contribution in [0, 0.1) is 0 Å². The highest BCUT2D eigenvalue weighted by atomic mass is 35.5. The second kappa shape index (κ2) is 11.3. The number of carbonyl (C=O) groups is 2. The third kappa shape index (κ3) is 5.62. The van der Waals surface area contributed by atoms with E-state index < -0.39 is 6.04 Å². The SMILES string of the molecule is COc1ccccc1CN(C(=O)c1ccco1)[C@H](C(=O)NC1CCCCC1)c1ccc(Cl)cc1. The summed E-state index contributed by atoms with van der Waals surface area (Å²) in [7, 11) is 1.59. The number of halogens is 1.